The number of anilines is 2. The molecular formula is C15H23N3O. The average molecular weight is 261 g/mol. The molecule has 1 saturated carbocycles. The van der Waals surface area contributed by atoms with Crippen molar-refractivity contribution >= 4 is 17.3 Å². The maximum atomic E-state index is 12.0. The number of amides is 1. The molecule has 0 spiro atoms. The van der Waals surface area contributed by atoms with Crippen molar-refractivity contribution in [3.63, 3.8) is 0 Å². The van der Waals surface area contributed by atoms with E-state index in [4.69, 9.17) is 5.73 Å². The summed E-state index contributed by atoms with van der Waals surface area (Å²) >= 11 is 0. The van der Waals surface area contributed by atoms with E-state index >= 15 is 0 Å². The maximum Gasteiger partial charge on any atom is 0.253 e. The third-order valence-corrected chi connectivity index (χ3v) is 4.09. The van der Waals surface area contributed by atoms with Gasteiger partial charge in [-0.3, -0.25) is 4.79 Å². The van der Waals surface area contributed by atoms with Crippen LogP contribution < -0.4 is 11.1 Å². The molecular weight excluding hydrogens is 238 g/mol. The lowest BCUT2D eigenvalue weighted by molar-refractivity contribution is 0.0827. The molecule has 1 aliphatic rings. The number of nitrogens with two attached hydrogens (primary N) is 1. The smallest absolute Gasteiger partial charge is 0.253 e. The minimum Gasteiger partial charge on any atom is -0.397 e. The maximum absolute atomic E-state index is 12.0. The molecule has 1 aliphatic carbocycles. The van der Waals surface area contributed by atoms with Crippen molar-refractivity contribution in [2.45, 2.75) is 38.1 Å². The van der Waals surface area contributed by atoms with Gasteiger partial charge in [-0.05, 0) is 43.9 Å². The van der Waals surface area contributed by atoms with Crippen LogP contribution in [0.2, 0.25) is 0 Å². The molecule has 19 heavy (non-hydrogen) atoms. The molecule has 0 saturated heterocycles. The van der Waals surface area contributed by atoms with Gasteiger partial charge in [0.25, 0.3) is 5.91 Å². The highest BCUT2D eigenvalue weighted by molar-refractivity contribution is 5.96. The summed E-state index contributed by atoms with van der Waals surface area (Å²) in [4.78, 5) is 13.6. The molecule has 3 N–H and O–H groups in total. The van der Waals surface area contributed by atoms with Gasteiger partial charge in [-0.25, -0.2) is 0 Å². The largest absolute Gasteiger partial charge is 0.397 e. The van der Waals surface area contributed by atoms with Crippen LogP contribution in [0.25, 0.3) is 0 Å². The summed E-state index contributed by atoms with van der Waals surface area (Å²) in [7, 11) is 3.51. The zero-order valence-corrected chi connectivity index (χ0v) is 12.0. The topological polar surface area (TPSA) is 58.4 Å². The van der Waals surface area contributed by atoms with Crippen molar-refractivity contribution in [1.82, 2.24) is 4.90 Å². The normalized spacial score (nSPS) is 16.6. The average Bonchev–Trinajstić information content (AvgIpc) is 2.35. The molecule has 1 fully saturated rings. The van der Waals surface area contributed by atoms with Crippen LogP contribution in [0.15, 0.2) is 18.2 Å². The van der Waals surface area contributed by atoms with E-state index in [1.165, 1.54) is 19.3 Å². The van der Waals surface area contributed by atoms with E-state index in [9.17, 15) is 4.79 Å². The Bertz CT molecular complexity index is 473. The summed E-state index contributed by atoms with van der Waals surface area (Å²) in [6.07, 6.45) is 4.69. The molecule has 0 atom stereocenters. The Hall–Kier alpha value is -1.71. The Morgan fingerprint density at radius 3 is 2.58 bits per heavy atom. The molecule has 0 heterocycles. The van der Waals surface area contributed by atoms with E-state index in [0.717, 1.165) is 12.1 Å². The monoisotopic (exact) mass is 261 g/mol. The fraction of sp³-hybridized carbons (Fsp3) is 0.533. The number of nitrogen functional groups attached to an aromatic ring is 1. The van der Waals surface area contributed by atoms with Gasteiger partial charge < -0.3 is 16.0 Å². The van der Waals surface area contributed by atoms with Crippen LogP contribution in [0.3, 0.4) is 0 Å². The highest BCUT2D eigenvalue weighted by Crippen LogP contribution is 2.39. The highest BCUT2D eigenvalue weighted by atomic mass is 16.2. The van der Waals surface area contributed by atoms with Gasteiger partial charge in [-0.2, -0.15) is 0 Å². The van der Waals surface area contributed by atoms with Gasteiger partial charge in [0.2, 0.25) is 0 Å². The Kier molecular flexibility index (Phi) is 3.69. The molecule has 1 aromatic carbocycles. The number of carbonyl (C=O) groups is 1. The van der Waals surface area contributed by atoms with Crippen LogP contribution >= 0.6 is 0 Å². The van der Waals surface area contributed by atoms with Crippen molar-refractivity contribution in [3.8, 4) is 0 Å². The van der Waals surface area contributed by atoms with Crippen LogP contribution in [0, 0.1) is 0 Å². The van der Waals surface area contributed by atoms with Gasteiger partial charge in [0, 0.05) is 25.2 Å². The van der Waals surface area contributed by atoms with Crippen molar-refractivity contribution in [3.05, 3.63) is 23.8 Å². The van der Waals surface area contributed by atoms with Gasteiger partial charge >= 0.3 is 0 Å². The minimum absolute atomic E-state index is 0.00204. The molecule has 2 rings (SSSR count). The molecule has 0 bridgehead atoms. The standard InChI is InChI=1S/C15H23N3O/c1-4-15(8-5-9-15)17-13-10-11(6-7-12(13)16)14(19)18(2)3/h6-7,10,17H,4-5,8-9,16H2,1-3H3. The Morgan fingerprint density at radius 2 is 2.11 bits per heavy atom. The lowest BCUT2D eigenvalue weighted by Crippen LogP contribution is -2.44. The second-order valence-corrected chi connectivity index (χ2v) is 5.61. The molecule has 4 heteroatoms. The number of hydrogen-bond acceptors (Lipinski definition) is 3. The van der Waals surface area contributed by atoms with Crippen LogP contribution in [0.5, 0.6) is 0 Å². The zero-order valence-electron chi connectivity index (χ0n) is 12.0. The number of benzene rings is 1. The van der Waals surface area contributed by atoms with E-state index in [1.807, 2.05) is 6.07 Å². The first-order valence-electron chi connectivity index (χ1n) is 6.87. The van der Waals surface area contributed by atoms with Gasteiger partial charge in [-0.1, -0.05) is 6.92 Å². The summed E-state index contributed by atoms with van der Waals surface area (Å²) in [6.45, 7) is 2.19. The lowest BCUT2D eigenvalue weighted by Gasteiger charge is -2.43. The molecule has 0 aliphatic heterocycles. The van der Waals surface area contributed by atoms with Gasteiger partial charge in [0.15, 0.2) is 0 Å². The Morgan fingerprint density at radius 1 is 1.42 bits per heavy atom. The Balaban J connectivity index is 2.25. The van der Waals surface area contributed by atoms with E-state index < -0.39 is 0 Å². The number of carbonyl (C=O) groups excluding carboxylic acids is 1. The molecule has 0 aromatic heterocycles. The number of rotatable bonds is 4. The fourth-order valence-corrected chi connectivity index (χ4v) is 2.51. The second kappa shape index (κ2) is 5.11. The molecule has 0 radical (unpaired) electrons. The third-order valence-electron chi connectivity index (χ3n) is 4.09. The summed E-state index contributed by atoms with van der Waals surface area (Å²) < 4.78 is 0. The Labute approximate surface area is 115 Å². The van der Waals surface area contributed by atoms with Gasteiger partial charge in [0.05, 0.1) is 11.4 Å². The quantitative estimate of drug-likeness (QED) is 0.819. The van der Waals surface area contributed by atoms with Gasteiger partial charge in [-0.15, -0.1) is 0 Å². The first-order chi connectivity index (χ1) is 8.97. The predicted molar refractivity (Wildman–Crippen MR) is 79.4 cm³/mol. The second-order valence-electron chi connectivity index (χ2n) is 5.61. The summed E-state index contributed by atoms with van der Waals surface area (Å²) in [6, 6.07) is 5.46. The minimum atomic E-state index is 0.00204. The number of nitrogens with zero attached hydrogens (tertiary/aromatic N) is 1. The third kappa shape index (κ3) is 2.67. The van der Waals surface area contributed by atoms with Crippen molar-refractivity contribution in [2.24, 2.45) is 0 Å². The zero-order chi connectivity index (χ0) is 14.0. The van der Waals surface area contributed by atoms with Crippen LogP contribution in [0.4, 0.5) is 11.4 Å². The summed E-state index contributed by atoms with van der Waals surface area (Å²) in [5, 5.41) is 3.55. The fourth-order valence-electron chi connectivity index (χ4n) is 2.51. The van der Waals surface area contributed by atoms with E-state index in [0.29, 0.717) is 11.3 Å². The predicted octanol–water partition coefficient (Wildman–Crippen LogP) is 2.72. The van der Waals surface area contributed by atoms with Crippen LogP contribution in [0.1, 0.15) is 43.0 Å². The molecule has 1 aromatic rings. The highest BCUT2D eigenvalue weighted by Gasteiger charge is 2.35. The molecule has 4 nitrogen and oxygen atoms in total. The first kappa shape index (κ1) is 13.7. The lowest BCUT2D eigenvalue weighted by atomic mass is 9.74. The molecule has 0 unspecified atom stereocenters. The number of nitrogens with one attached hydrogen (secondary N) is 1. The molecule has 1 amide bonds. The molecule has 104 valence electrons. The van der Waals surface area contributed by atoms with E-state index in [-0.39, 0.29) is 11.4 Å². The van der Waals surface area contributed by atoms with Crippen molar-refractivity contribution in [2.75, 3.05) is 25.1 Å². The van der Waals surface area contributed by atoms with E-state index in [1.54, 1.807) is 31.1 Å². The van der Waals surface area contributed by atoms with Crippen molar-refractivity contribution in [1.29, 1.82) is 0 Å². The summed E-state index contributed by atoms with van der Waals surface area (Å²) in [5.41, 5.74) is 8.45. The van der Waals surface area contributed by atoms with Crippen molar-refractivity contribution < 1.29 is 4.79 Å². The van der Waals surface area contributed by atoms with E-state index in [2.05, 4.69) is 12.2 Å². The SMILES string of the molecule is CCC1(Nc2cc(C(=O)N(C)C)ccc2N)CCC1. The van der Waals surface area contributed by atoms with Crippen LogP contribution in [-0.2, 0) is 0 Å². The summed E-state index contributed by atoms with van der Waals surface area (Å²) in [5.74, 6) is 0.00204. The van der Waals surface area contributed by atoms with Crippen LogP contribution in [-0.4, -0.2) is 30.4 Å². The van der Waals surface area contributed by atoms with Gasteiger partial charge in [0.1, 0.15) is 0 Å². The first-order valence-corrected chi connectivity index (χ1v) is 6.87. The number of hydrogen-bond donors (Lipinski definition) is 2.